The van der Waals surface area contributed by atoms with Gasteiger partial charge in [0.25, 0.3) is 0 Å². The summed E-state index contributed by atoms with van der Waals surface area (Å²) >= 11 is 1.17. The van der Waals surface area contributed by atoms with Gasteiger partial charge >= 0.3 is 5.97 Å². The maximum Gasteiger partial charge on any atom is 0.320 e. The minimum Gasteiger partial charge on any atom is -0.480 e. The molecule has 1 saturated carbocycles. The molecule has 0 radical (unpaired) electrons. The van der Waals surface area contributed by atoms with Crippen LogP contribution in [0.25, 0.3) is 0 Å². The predicted molar refractivity (Wildman–Crippen MR) is 65.6 cm³/mol. The maximum atomic E-state index is 13.6. The van der Waals surface area contributed by atoms with E-state index in [1.807, 2.05) is 6.92 Å². The summed E-state index contributed by atoms with van der Waals surface area (Å²) in [7, 11) is 0. The van der Waals surface area contributed by atoms with Crippen LogP contribution in [0.3, 0.4) is 0 Å². The lowest BCUT2D eigenvalue weighted by Gasteiger charge is -2.28. The Bertz CT molecular complexity index is 435. The summed E-state index contributed by atoms with van der Waals surface area (Å²) in [5.74, 6) is -1.09. The summed E-state index contributed by atoms with van der Waals surface area (Å²) in [4.78, 5) is 11.9. The summed E-state index contributed by atoms with van der Waals surface area (Å²) in [6.07, 6.45) is 2.41. The van der Waals surface area contributed by atoms with Crippen molar-refractivity contribution < 1.29 is 14.3 Å². The Kier molecular flexibility index (Phi) is 3.43. The summed E-state index contributed by atoms with van der Waals surface area (Å²) in [6.45, 7) is 1.94. The van der Waals surface area contributed by atoms with Crippen LogP contribution < -0.4 is 0 Å². The molecule has 0 amide bonds. The molecule has 17 heavy (non-hydrogen) atoms. The van der Waals surface area contributed by atoms with Gasteiger partial charge in [0.1, 0.15) is 10.6 Å². The molecular formula is C13H15FO2S. The molecule has 0 aromatic heterocycles. The second-order valence-corrected chi connectivity index (χ2v) is 5.89. The van der Waals surface area contributed by atoms with E-state index in [2.05, 4.69) is 0 Å². The Balaban J connectivity index is 2.31. The minimum atomic E-state index is -0.859. The van der Waals surface area contributed by atoms with Gasteiger partial charge in [-0.3, -0.25) is 4.79 Å². The number of hydrogen-bond acceptors (Lipinski definition) is 2. The molecule has 0 spiro atoms. The van der Waals surface area contributed by atoms with Crippen molar-refractivity contribution in [2.75, 3.05) is 0 Å². The van der Waals surface area contributed by atoms with Crippen LogP contribution in [0.15, 0.2) is 29.2 Å². The number of halogens is 1. The van der Waals surface area contributed by atoms with Gasteiger partial charge in [-0.1, -0.05) is 25.5 Å². The zero-order valence-electron chi connectivity index (χ0n) is 9.65. The van der Waals surface area contributed by atoms with Crippen LogP contribution in [0.5, 0.6) is 0 Å². The molecule has 2 atom stereocenters. The van der Waals surface area contributed by atoms with Crippen LogP contribution in [0, 0.1) is 11.7 Å². The van der Waals surface area contributed by atoms with Gasteiger partial charge in [-0.25, -0.2) is 4.39 Å². The maximum absolute atomic E-state index is 13.6. The van der Waals surface area contributed by atoms with E-state index in [1.165, 1.54) is 17.8 Å². The van der Waals surface area contributed by atoms with Gasteiger partial charge in [0.05, 0.1) is 0 Å². The fourth-order valence-corrected chi connectivity index (χ4v) is 3.74. The van der Waals surface area contributed by atoms with E-state index in [0.29, 0.717) is 11.3 Å². The lowest BCUT2D eigenvalue weighted by molar-refractivity contribution is -0.140. The van der Waals surface area contributed by atoms with Crippen molar-refractivity contribution in [3.8, 4) is 0 Å². The van der Waals surface area contributed by atoms with Gasteiger partial charge in [-0.05, 0) is 30.9 Å². The van der Waals surface area contributed by atoms with Crippen LogP contribution in [0.2, 0.25) is 0 Å². The minimum absolute atomic E-state index is 0.0737. The van der Waals surface area contributed by atoms with Crippen LogP contribution in [0.4, 0.5) is 4.39 Å². The highest BCUT2D eigenvalue weighted by atomic mass is 32.2. The van der Waals surface area contributed by atoms with Crippen LogP contribution in [-0.2, 0) is 4.79 Å². The Labute approximate surface area is 104 Å². The number of thioether (sulfide) groups is 1. The highest BCUT2D eigenvalue weighted by Gasteiger charge is 2.48. The van der Waals surface area contributed by atoms with Crippen molar-refractivity contribution in [3.63, 3.8) is 0 Å². The van der Waals surface area contributed by atoms with Crippen molar-refractivity contribution in [3.05, 3.63) is 30.1 Å². The third-order valence-electron chi connectivity index (χ3n) is 3.47. The number of hydrogen-bond donors (Lipinski definition) is 1. The zero-order valence-corrected chi connectivity index (χ0v) is 10.5. The predicted octanol–water partition coefficient (Wildman–Crippen LogP) is 3.56. The Morgan fingerprint density at radius 2 is 2.24 bits per heavy atom. The molecule has 1 N–H and O–H groups in total. The monoisotopic (exact) mass is 254 g/mol. The Hall–Kier alpha value is -1.03. The Morgan fingerprint density at radius 1 is 1.53 bits per heavy atom. The second-order valence-electron chi connectivity index (χ2n) is 4.52. The first kappa shape index (κ1) is 12.4. The number of aliphatic carboxylic acids is 1. The van der Waals surface area contributed by atoms with Crippen molar-refractivity contribution in [2.45, 2.75) is 35.8 Å². The number of carbonyl (C=O) groups is 1. The normalized spacial score (nSPS) is 28.2. The number of carboxylic acid groups (broad SMARTS) is 1. The first-order valence-corrected chi connectivity index (χ1v) is 6.55. The van der Waals surface area contributed by atoms with Gasteiger partial charge in [-0.2, -0.15) is 0 Å². The molecule has 92 valence electrons. The molecule has 2 unspecified atom stereocenters. The molecule has 0 bridgehead atoms. The van der Waals surface area contributed by atoms with Crippen LogP contribution in [-0.4, -0.2) is 15.8 Å². The van der Waals surface area contributed by atoms with Gasteiger partial charge in [0.15, 0.2) is 0 Å². The van der Waals surface area contributed by atoms with Crippen molar-refractivity contribution in [2.24, 2.45) is 5.92 Å². The molecule has 1 aromatic carbocycles. The Morgan fingerprint density at radius 3 is 2.76 bits per heavy atom. The van der Waals surface area contributed by atoms with E-state index >= 15 is 0 Å². The SMILES string of the molecule is CC1CCCC1(Sc1ccccc1F)C(=O)O. The molecule has 0 heterocycles. The van der Waals surface area contributed by atoms with E-state index in [4.69, 9.17) is 0 Å². The van der Waals surface area contributed by atoms with Crippen LogP contribution in [0.1, 0.15) is 26.2 Å². The molecule has 2 nitrogen and oxygen atoms in total. The number of benzene rings is 1. The van der Waals surface area contributed by atoms with Gasteiger partial charge in [0.2, 0.25) is 0 Å². The molecule has 0 aliphatic heterocycles. The van der Waals surface area contributed by atoms with Crippen molar-refractivity contribution in [1.29, 1.82) is 0 Å². The van der Waals surface area contributed by atoms with E-state index in [0.717, 1.165) is 12.8 Å². The topological polar surface area (TPSA) is 37.3 Å². The van der Waals surface area contributed by atoms with Gasteiger partial charge in [0, 0.05) is 4.90 Å². The lowest BCUT2D eigenvalue weighted by Crippen LogP contribution is -2.37. The van der Waals surface area contributed by atoms with E-state index in [9.17, 15) is 14.3 Å². The fraction of sp³-hybridized carbons (Fsp3) is 0.462. The largest absolute Gasteiger partial charge is 0.480 e. The molecule has 1 aromatic rings. The molecule has 1 aliphatic carbocycles. The summed E-state index contributed by atoms with van der Waals surface area (Å²) in [5, 5.41) is 9.44. The highest BCUT2D eigenvalue weighted by molar-refractivity contribution is 8.01. The van der Waals surface area contributed by atoms with Crippen molar-refractivity contribution in [1.82, 2.24) is 0 Å². The van der Waals surface area contributed by atoms with Crippen molar-refractivity contribution >= 4 is 17.7 Å². The molecule has 2 rings (SSSR count). The fourth-order valence-electron chi connectivity index (χ4n) is 2.39. The molecule has 1 aliphatic rings. The quantitative estimate of drug-likeness (QED) is 0.896. The standard InChI is InChI=1S/C13H15FO2S/c1-9-5-4-8-13(9,12(15)16)17-11-7-3-2-6-10(11)14/h2-3,6-7,9H,4-5,8H2,1H3,(H,15,16). The lowest BCUT2D eigenvalue weighted by atomic mass is 9.97. The number of carboxylic acids is 1. The van der Waals surface area contributed by atoms with E-state index in [1.54, 1.807) is 18.2 Å². The van der Waals surface area contributed by atoms with Gasteiger partial charge < -0.3 is 5.11 Å². The third kappa shape index (κ3) is 2.18. The van der Waals surface area contributed by atoms with Gasteiger partial charge in [-0.15, -0.1) is 11.8 Å². The second kappa shape index (κ2) is 4.69. The smallest absolute Gasteiger partial charge is 0.320 e. The molecular weight excluding hydrogens is 239 g/mol. The van der Waals surface area contributed by atoms with E-state index in [-0.39, 0.29) is 11.7 Å². The summed E-state index contributed by atoms with van der Waals surface area (Å²) in [5.41, 5.74) is 0. The molecule has 1 fully saturated rings. The van der Waals surface area contributed by atoms with Crippen LogP contribution >= 0.6 is 11.8 Å². The highest BCUT2D eigenvalue weighted by Crippen LogP contribution is 2.49. The summed E-state index contributed by atoms with van der Waals surface area (Å²) in [6, 6.07) is 6.37. The van der Waals surface area contributed by atoms with E-state index < -0.39 is 10.7 Å². The molecule has 0 saturated heterocycles. The number of rotatable bonds is 3. The summed E-state index contributed by atoms with van der Waals surface area (Å²) < 4.78 is 12.7. The first-order chi connectivity index (χ1) is 8.06. The first-order valence-electron chi connectivity index (χ1n) is 5.73. The zero-order chi connectivity index (χ0) is 12.5. The third-order valence-corrected chi connectivity index (χ3v) is 5.17. The average Bonchev–Trinajstić information content (AvgIpc) is 2.65. The molecule has 4 heteroatoms. The average molecular weight is 254 g/mol.